The van der Waals surface area contributed by atoms with Crippen LogP contribution in [0.3, 0.4) is 0 Å². The van der Waals surface area contributed by atoms with Crippen molar-refractivity contribution in [2.45, 2.75) is 31.5 Å². The van der Waals surface area contributed by atoms with Gasteiger partial charge in [-0.15, -0.1) is 13.2 Å². The normalized spacial score (nSPS) is 24.9. The van der Waals surface area contributed by atoms with Crippen LogP contribution in [0, 0.1) is 11.8 Å². The molecule has 3 aliphatic rings. The minimum Gasteiger partial charge on any atom is -0.363 e. The molecule has 4 heterocycles. The molecule has 8 rings (SSSR count). The summed E-state index contributed by atoms with van der Waals surface area (Å²) in [6, 6.07) is 31.2. The average molecular weight is 526 g/mol. The first kappa shape index (κ1) is 25.2. The van der Waals surface area contributed by atoms with Crippen molar-refractivity contribution in [2.24, 2.45) is 11.8 Å². The van der Waals surface area contributed by atoms with Crippen molar-refractivity contribution in [3.05, 3.63) is 128 Å². The quantitative estimate of drug-likeness (QED) is 0.115. The van der Waals surface area contributed by atoms with Gasteiger partial charge in [-0.3, -0.25) is 4.98 Å². The van der Waals surface area contributed by atoms with Crippen LogP contribution in [-0.4, -0.2) is 35.2 Å². The van der Waals surface area contributed by atoms with Gasteiger partial charge in [0.2, 0.25) is 0 Å². The van der Waals surface area contributed by atoms with Crippen LogP contribution in [0.4, 0.5) is 0 Å². The zero-order chi connectivity index (χ0) is 27.1. The molecule has 3 aliphatic heterocycles. The molecule has 2 bridgehead atoms. The zero-order valence-electron chi connectivity index (χ0n) is 23.1. The van der Waals surface area contributed by atoms with Crippen molar-refractivity contribution in [2.75, 3.05) is 19.7 Å². The van der Waals surface area contributed by atoms with E-state index in [4.69, 9.17) is 4.74 Å². The Morgan fingerprint density at radius 1 is 0.900 bits per heavy atom. The third-order valence-electron chi connectivity index (χ3n) is 9.76. The van der Waals surface area contributed by atoms with E-state index in [0.29, 0.717) is 24.5 Å². The number of para-hydroxylation sites is 1. The summed E-state index contributed by atoms with van der Waals surface area (Å²) in [7, 11) is 0. The van der Waals surface area contributed by atoms with Gasteiger partial charge in [0.15, 0.2) is 0 Å². The number of hydrogen-bond acceptors (Lipinski definition) is 2. The molecule has 3 heteroatoms. The largest absolute Gasteiger partial charge is 0.363 e. The molecule has 5 aromatic rings. The molecule has 0 N–H and O–H groups in total. The van der Waals surface area contributed by atoms with Gasteiger partial charge in [0.1, 0.15) is 18.7 Å². The van der Waals surface area contributed by atoms with Gasteiger partial charge in [0.05, 0.1) is 25.2 Å². The SMILES string of the molecule is C=CCO[C@H](c1ccnc2ccccc12)C1CC2CC[N@@+]1(Cc1c3ccccc3cc3ccccc13)CC2C=C. The van der Waals surface area contributed by atoms with E-state index in [0.717, 1.165) is 36.1 Å². The number of ether oxygens (including phenoxy) is 1. The lowest BCUT2D eigenvalue weighted by Gasteiger charge is -2.58. The summed E-state index contributed by atoms with van der Waals surface area (Å²) in [5.41, 5.74) is 3.74. The predicted molar refractivity (Wildman–Crippen MR) is 166 cm³/mol. The van der Waals surface area contributed by atoms with E-state index >= 15 is 0 Å². The highest BCUT2D eigenvalue weighted by Crippen LogP contribution is 2.50. The number of nitrogens with zero attached hydrogens (tertiary/aromatic N) is 2. The van der Waals surface area contributed by atoms with Crippen molar-refractivity contribution in [3.8, 4) is 0 Å². The summed E-state index contributed by atoms with van der Waals surface area (Å²) in [5, 5.41) is 6.56. The third kappa shape index (κ3) is 4.16. The van der Waals surface area contributed by atoms with Crippen LogP contribution in [0.15, 0.2) is 116 Å². The lowest BCUT2D eigenvalue weighted by molar-refractivity contribution is -0.984. The van der Waals surface area contributed by atoms with Gasteiger partial charge >= 0.3 is 0 Å². The van der Waals surface area contributed by atoms with E-state index in [1.807, 2.05) is 12.3 Å². The minimum atomic E-state index is -0.0410. The van der Waals surface area contributed by atoms with Gasteiger partial charge in [0.25, 0.3) is 0 Å². The molecule has 200 valence electrons. The maximum absolute atomic E-state index is 6.80. The standard InChI is InChI=1S/C37H37N2O/c1-3-21-40-37(33-17-19-38-35-16-10-9-15-32(33)35)36-23-27-18-20-39(36,24-26(27)4-2)25-34-30-13-7-5-11-28(30)22-29-12-6-8-14-31(29)34/h3-17,19,22,26-27,36-37H,1-2,18,20-21,23-25H2/q+1/t26?,27?,36?,37-,39+/m1/s1. The molecule has 0 saturated carbocycles. The smallest absolute Gasteiger partial charge is 0.135 e. The van der Waals surface area contributed by atoms with E-state index in [-0.39, 0.29) is 6.10 Å². The van der Waals surface area contributed by atoms with Crippen LogP contribution < -0.4 is 0 Å². The van der Waals surface area contributed by atoms with Crippen molar-refractivity contribution in [1.29, 1.82) is 0 Å². The van der Waals surface area contributed by atoms with Crippen LogP contribution in [-0.2, 0) is 11.3 Å². The number of hydrogen-bond donors (Lipinski definition) is 0. The molecule has 0 aliphatic carbocycles. The Labute approximate surface area is 237 Å². The molecule has 5 atom stereocenters. The summed E-state index contributed by atoms with van der Waals surface area (Å²) in [6.45, 7) is 12.1. The van der Waals surface area contributed by atoms with Gasteiger partial charge in [0, 0.05) is 35.9 Å². The topological polar surface area (TPSA) is 22.1 Å². The van der Waals surface area contributed by atoms with E-state index in [9.17, 15) is 0 Å². The fraction of sp³-hybridized carbons (Fsp3) is 0.270. The Bertz CT molecular complexity index is 1670. The number of fused-ring (bicyclic) bond motifs is 6. The van der Waals surface area contributed by atoms with Crippen molar-refractivity contribution in [3.63, 3.8) is 0 Å². The second-order valence-corrected chi connectivity index (χ2v) is 11.8. The first-order valence-electron chi connectivity index (χ1n) is 14.6. The van der Waals surface area contributed by atoms with Gasteiger partial charge in [-0.1, -0.05) is 78.9 Å². The molecule has 3 saturated heterocycles. The first-order chi connectivity index (χ1) is 19.7. The van der Waals surface area contributed by atoms with Crippen molar-refractivity contribution in [1.82, 2.24) is 4.98 Å². The average Bonchev–Trinajstić information content (AvgIpc) is 3.01. The van der Waals surface area contributed by atoms with E-state index in [1.165, 1.54) is 44.5 Å². The molecule has 3 nitrogen and oxygen atoms in total. The molecule has 0 amide bonds. The van der Waals surface area contributed by atoms with E-state index in [1.54, 1.807) is 0 Å². The molecular weight excluding hydrogens is 488 g/mol. The molecule has 40 heavy (non-hydrogen) atoms. The highest BCUT2D eigenvalue weighted by Gasteiger charge is 2.54. The second kappa shape index (κ2) is 10.3. The van der Waals surface area contributed by atoms with Crippen LogP contribution in [0.25, 0.3) is 32.4 Å². The van der Waals surface area contributed by atoms with E-state index < -0.39 is 0 Å². The Balaban J connectivity index is 1.41. The third-order valence-corrected chi connectivity index (χ3v) is 9.76. The molecule has 0 spiro atoms. The first-order valence-corrected chi connectivity index (χ1v) is 14.6. The molecule has 1 aromatic heterocycles. The highest BCUT2D eigenvalue weighted by molar-refractivity contribution is 6.02. The Kier molecular flexibility index (Phi) is 6.50. The number of piperidine rings is 3. The maximum Gasteiger partial charge on any atom is 0.135 e. The van der Waals surface area contributed by atoms with Crippen LogP contribution in [0.2, 0.25) is 0 Å². The molecule has 4 aromatic carbocycles. The Morgan fingerprint density at radius 2 is 1.60 bits per heavy atom. The van der Waals surface area contributed by atoms with Gasteiger partial charge in [-0.2, -0.15) is 0 Å². The van der Waals surface area contributed by atoms with Crippen LogP contribution in [0.1, 0.15) is 30.1 Å². The summed E-state index contributed by atoms with van der Waals surface area (Å²) < 4.78 is 7.81. The van der Waals surface area contributed by atoms with Gasteiger partial charge in [-0.05, 0) is 51.2 Å². The van der Waals surface area contributed by atoms with Crippen LogP contribution >= 0.6 is 0 Å². The fourth-order valence-electron chi connectivity index (χ4n) is 7.90. The monoisotopic (exact) mass is 525 g/mol. The van der Waals surface area contributed by atoms with E-state index in [2.05, 4.69) is 109 Å². The number of rotatable bonds is 8. The van der Waals surface area contributed by atoms with Gasteiger partial charge < -0.3 is 9.22 Å². The zero-order valence-corrected chi connectivity index (χ0v) is 23.1. The number of pyridine rings is 1. The molecule has 3 fully saturated rings. The van der Waals surface area contributed by atoms with Crippen molar-refractivity contribution < 1.29 is 9.22 Å². The predicted octanol–water partition coefficient (Wildman–Crippen LogP) is 8.40. The highest BCUT2D eigenvalue weighted by atomic mass is 16.5. The minimum absolute atomic E-state index is 0.0410. The second-order valence-electron chi connectivity index (χ2n) is 11.8. The number of benzene rings is 4. The number of aromatic nitrogens is 1. The van der Waals surface area contributed by atoms with Gasteiger partial charge in [-0.25, -0.2) is 0 Å². The molecule has 0 radical (unpaired) electrons. The Hall–Kier alpha value is -3.79. The number of quaternary nitrogens is 1. The van der Waals surface area contributed by atoms with Crippen molar-refractivity contribution >= 4 is 32.4 Å². The summed E-state index contributed by atoms with van der Waals surface area (Å²) in [4.78, 5) is 4.68. The summed E-state index contributed by atoms with van der Waals surface area (Å²) in [6.07, 6.45) is 8.41. The van der Waals surface area contributed by atoms with Crippen LogP contribution in [0.5, 0.6) is 0 Å². The summed E-state index contributed by atoms with van der Waals surface area (Å²) >= 11 is 0. The lowest BCUT2D eigenvalue weighted by Crippen LogP contribution is -2.67. The Morgan fingerprint density at radius 3 is 2.33 bits per heavy atom. The molecular formula is C37H37N2O+. The lowest BCUT2D eigenvalue weighted by atomic mass is 9.70. The summed E-state index contributed by atoms with van der Waals surface area (Å²) in [5.74, 6) is 1.18. The maximum atomic E-state index is 6.80. The fourth-order valence-corrected chi connectivity index (χ4v) is 7.90. The molecule has 3 unspecified atom stereocenters.